The van der Waals surface area contributed by atoms with E-state index in [1.165, 1.54) is 24.4 Å². The van der Waals surface area contributed by atoms with E-state index in [-0.39, 0.29) is 17.4 Å². The highest BCUT2D eigenvalue weighted by molar-refractivity contribution is 5.85. The number of aromatic hydroxyl groups is 2. The Balaban J connectivity index is 2.50. The van der Waals surface area contributed by atoms with Gasteiger partial charge in [0.2, 0.25) is 5.91 Å². The van der Waals surface area contributed by atoms with Crippen LogP contribution in [0.3, 0.4) is 0 Å². The number of amides is 1. The highest BCUT2D eigenvalue weighted by Gasteiger charge is 2.00. The van der Waals surface area contributed by atoms with Gasteiger partial charge in [0.25, 0.3) is 0 Å². The van der Waals surface area contributed by atoms with Crippen molar-refractivity contribution in [1.29, 1.82) is 0 Å². The first-order chi connectivity index (χ1) is 8.13. The molecule has 0 fully saturated rings. The number of nitrogens with zero attached hydrogens (tertiary/aromatic N) is 1. The molecule has 0 aliphatic carbocycles. The van der Waals surface area contributed by atoms with E-state index in [9.17, 15) is 9.90 Å². The third kappa shape index (κ3) is 4.55. The van der Waals surface area contributed by atoms with Crippen molar-refractivity contribution < 1.29 is 15.0 Å². The molecule has 0 bridgehead atoms. The Kier molecular flexibility index (Phi) is 5.00. The van der Waals surface area contributed by atoms with Crippen LogP contribution in [0.15, 0.2) is 23.3 Å². The van der Waals surface area contributed by atoms with Gasteiger partial charge in [-0.2, -0.15) is 5.10 Å². The number of hydrogen-bond acceptors (Lipinski definition) is 4. The van der Waals surface area contributed by atoms with Crippen molar-refractivity contribution in [3.63, 3.8) is 0 Å². The third-order valence-corrected chi connectivity index (χ3v) is 2.16. The van der Waals surface area contributed by atoms with E-state index in [2.05, 4.69) is 10.5 Å². The lowest BCUT2D eigenvalue weighted by Crippen LogP contribution is -2.16. The van der Waals surface area contributed by atoms with Crippen molar-refractivity contribution >= 4 is 12.1 Å². The van der Waals surface area contributed by atoms with Gasteiger partial charge in [0.15, 0.2) is 0 Å². The van der Waals surface area contributed by atoms with E-state index in [1.54, 1.807) is 0 Å². The molecular formula is C12H16N2O3. The highest BCUT2D eigenvalue weighted by Crippen LogP contribution is 2.20. The number of benzene rings is 1. The van der Waals surface area contributed by atoms with Crippen LogP contribution in [0.5, 0.6) is 11.5 Å². The van der Waals surface area contributed by atoms with E-state index >= 15 is 0 Å². The summed E-state index contributed by atoms with van der Waals surface area (Å²) in [6.07, 6.45) is 3.55. The summed E-state index contributed by atoms with van der Waals surface area (Å²) in [5.74, 6) is -0.260. The average molecular weight is 236 g/mol. The van der Waals surface area contributed by atoms with Gasteiger partial charge in [-0.1, -0.05) is 13.3 Å². The minimum atomic E-state index is -0.152. The Morgan fingerprint density at radius 2 is 2.24 bits per heavy atom. The van der Waals surface area contributed by atoms with Crippen molar-refractivity contribution in [2.45, 2.75) is 26.2 Å². The third-order valence-electron chi connectivity index (χ3n) is 2.16. The van der Waals surface area contributed by atoms with E-state index in [0.717, 1.165) is 12.8 Å². The van der Waals surface area contributed by atoms with Gasteiger partial charge in [0.05, 0.1) is 6.21 Å². The topological polar surface area (TPSA) is 81.9 Å². The van der Waals surface area contributed by atoms with Crippen LogP contribution in [0.1, 0.15) is 31.7 Å². The number of phenolic OH excluding ortho intramolecular Hbond substituents is 2. The summed E-state index contributed by atoms with van der Waals surface area (Å²) in [6, 6.07) is 4.15. The zero-order chi connectivity index (χ0) is 12.7. The summed E-state index contributed by atoms with van der Waals surface area (Å²) in [7, 11) is 0. The molecule has 92 valence electrons. The molecule has 1 aromatic carbocycles. The molecule has 0 aliphatic rings. The van der Waals surface area contributed by atoms with Crippen LogP contribution in [0.2, 0.25) is 0 Å². The van der Waals surface area contributed by atoms with E-state index in [1.807, 2.05) is 6.92 Å². The molecule has 0 spiro atoms. The Morgan fingerprint density at radius 3 is 2.88 bits per heavy atom. The Labute approximate surface area is 99.8 Å². The number of carbonyl (C=O) groups is 1. The molecule has 1 amide bonds. The predicted octanol–water partition coefficient (Wildman–Crippen LogP) is 1.74. The van der Waals surface area contributed by atoms with Crippen LogP contribution >= 0.6 is 0 Å². The largest absolute Gasteiger partial charge is 0.508 e. The SMILES string of the molecule is CCCCC(=O)NN=Cc1ccc(O)cc1O. The summed E-state index contributed by atoms with van der Waals surface area (Å²) in [5, 5.41) is 22.2. The molecule has 3 N–H and O–H groups in total. The summed E-state index contributed by atoms with van der Waals surface area (Å²) >= 11 is 0. The maximum Gasteiger partial charge on any atom is 0.240 e. The Bertz CT molecular complexity index is 416. The number of rotatable bonds is 5. The van der Waals surface area contributed by atoms with Crippen LogP contribution < -0.4 is 5.43 Å². The molecule has 0 radical (unpaired) electrons. The summed E-state index contributed by atoms with van der Waals surface area (Å²) < 4.78 is 0. The second kappa shape index (κ2) is 6.52. The van der Waals surface area contributed by atoms with Crippen molar-refractivity contribution in [2.75, 3.05) is 0 Å². The van der Waals surface area contributed by atoms with Gasteiger partial charge in [0, 0.05) is 18.1 Å². The molecule has 0 heterocycles. The van der Waals surface area contributed by atoms with Crippen molar-refractivity contribution in [2.24, 2.45) is 5.10 Å². The van der Waals surface area contributed by atoms with Gasteiger partial charge in [-0.05, 0) is 18.6 Å². The number of hydrazone groups is 1. The lowest BCUT2D eigenvalue weighted by Gasteiger charge is -2.00. The fraction of sp³-hybridized carbons (Fsp3) is 0.333. The standard InChI is InChI=1S/C12H16N2O3/c1-2-3-4-12(17)14-13-8-9-5-6-10(15)7-11(9)16/h5-8,15-16H,2-4H2,1H3,(H,14,17). The van der Waals surface area contributed by atoms with Gasteiger partial charge in [-0.25, -0.2) is 5.43 Å². The minimum Gasteiger partial charge on any atom is -0.508 e. The number of carbonyl (C=O) groups excluding carboxylic acids is 1. The first kappa shape index (κ1) is 13.0. The fourth-order valence-corrected chi connectivity index (χ4v) is 1.21. The Morgan fingerprint density at radius 1 is 1.47 bits per heavy atom. The number of hydrogen-bond donors (Lipinski definition) is 3. The van der Waals surface area contributed by atoms with Crippen LogP contribution in [-0.4, -0.2) is 22.3 Å². The van der Waals surface area contributed by atoms with Gasteiger partial charge in [-0.3, -0.25) is 4.79 Å². The quantitative estimate of drug-likeness (QED) is 0.538. The molecule has 0 aromatic heterocycles. The minimum absolute atomic E-state index is 0.0216. The molecule has 0 atom stereocenters. The lowest BCUT2D eigenvalue weighted by molar-refractivity contribution is -0.121. The van der Waals surface area contributed by atoms with Crippen LogP contribution in [0, 0.1) is 0 Å². The number of nitrogens with one attached hydrogen (secondary N) is 1. The Hall–Kier alpha value is -2.04. The average Bonchev–Trinajstić information content (AvgIpc) is 2.29. The lowest BCUT2D eigenvalue weighted by atomic mass is 10.2. The predicted molar refractivity (Wildman–Crippen MR) is 65.0 cm³/mol. The molecule has 0 saturated carbocycles. The van der Waals surface area contributed by atoms with E-state index in [0.29, 0.717) is 12.0 Å². The highest BCUT2D eigenvalue weighted by atomic mass is 16.3. The molecule has 1 rings (SSSR count). The first-order valence-corrected chi connectivity index (χ1v) is 5.47. The normalized spacial score (nSPS) is 10.6. The molecule has 5 nitrogen and oxygen atoms in total. The molecular weight excluding hydrogens is 220 g/mol. The second-order valence-corrected chi connectivity index (χ2v) is 3.64. The molecule has 0 aliphatic heterocycles. The summed E-state index contributed by atoms with van der Waals surface area (Å²) in [6.45, 7) is 2.00. The maximum absolute atomic E-state index is 11.2. The van der Waals surface area contributed by atoms with Crippen LogP contribution in [-0.2, 0) is 4.79 Å². The van der Waals surface area contributed by atoms with Crippen molar-refractivity contribution in [3.05, 3.63) is 23.8 Å². The van der Waals surface area contributed by atoms with Crippen LogP contribution in [0.4, 0.5) is 0 Å². The molecule has 5 heteroatoms. The zero-order valence-corrected chi connectivity index (χ0v) is 9.68. The van der Waals surface area contributed by atoms with Gasteiger partial charge >= 0.3 is 0 Å². The smallest absolute Gasteiger partial charge is 0.240 e. The van der Waals surface area contributed by atoms with Crippen molar-refractivity contribution in [1.82, 2.24) is 5.43 Å². The zero-order valence-electron chi connectivity index (χ0n) is 9.68. The van der Waals surface area contributed by atoms with E-state index < -0.39 is 0 Å². The molecule has 1 aromatic rings. The van der Waals surface area contributed by atoms with Gasteiger partial charge in [0.1, 0.15) is 11.5 Å². The fourth-order valence-electron chi connectivity index (χ4n) is 1.21. The molecule has 17 heavy (non-hydrogen) atoms. The number of phenols is 2. The van der Waals surface area contributed by atoms with Gasteiger partial charge < -0.3 is 10.2 Å². The number of unbranched alkanes of at least 4 members (excludes halogenated alkanes) is 1. The van der Waals surface area contributed by atoms with Gasteiger partial charge in [-0.15, -0.1) is 0 Å². The summed E-state index contributed by atoms with van der Waals surface area (Å²) in [4.78, 5) is 11.2. The maximum atomic E-state index is 11.2. The molecule has 0 unspecified atom stereocenters. The second-order valence-electron chi connectivity index (χ2n) is 3.64. The van der Waals surface area contributed by atoms with Crippen molar-refractivity contribution in [3.8, 4) is 11.5 Å². The van der Waals surface area contributed by atoms with E-state index in [4.69, 9.17) is 5.11 Å². The monoisotopic (exact) mass is 236 g/mol. The molecule has 0 saturated heterocycles. The first-order valence-electron chi connectivity index (χ1n) is 5.47. The summed E-state index contributed by atoms with van der Waals surface area (Å²) in [5.41, 5.74) is 2.79. The van der Waals surface area contributed by atoms with Crippen LogP contribution in [0.25, 0.3) is 0 Å².